The zero-order valence-corrected chi connectivity index (χ0v) is 21.3. The summed E-state index contributed by atoms with van der Waals surface area (Å²) in [6.45, 7) is 3.92. The molecule has 2 aromatic carbocycles. The maximum Gasteiger partial charge on any atom is 0.416 e. The van der Waals surface area contributed by atoms with Crippen molar-refractivity contribution in [2.45, 2.75) is 25.1 Å². The number of aromatic nitrogens is 1. The van der Waals surface area contributed by atoms with Crippen LogP contribution in [0.2, 0.25) is 0 Å². The van der Waals surface area contributed by atoms with E-state index in [2.05, 4.69) is 9.88 Å². The second-order valence-corrected chi connectivity index (χ2v) is 10.5. The average molecular weight is 542 g/mol. The summed E-state index contributed by atoms with van der Waals surface area (Å²) in [7, 11) is 0. The smallest absolute Gasteiger partial charge is 0.341 e. The first kappa shape index (κ1) is 24.9. The predicted molar refractivity (Wildman–Crippen MR) is 139 cm³/mol. The molecular weight excluding hydrogens is 515 g/mol. The van der Waals surface area contributed by atoms with Crippen LogP contribution >= 0.6 is 11.3 Å². The molecule has 1 aromatic heterocycles. The second kappa shape index (κ2) is 9.70. The van der Waals surface area contributed by atoms with Crippen LogP contribution in [0.3, 0.4) is 0 Å². The van der Waals surface area contributed by atoms with Gasteiger partial charge in [0.1, 0.15) is 5.69 Å². The molecule has 3 aliphatic rings. The fraction of sp³-hybridized carbons (Fsp3) is 0.370. The van der Waals surface area contributed by atoms with E-state index in [1.54, 1.807) is 10.9 Å². The molecule has 2 fully saturated rings. The molecular formula is C27H26F3N5O2S. The van der Waals surface area contributed by atoms with Crippen LogP contribution in [0.15, 0.2) is 53.4 Å². The van der Waals surface area contributed by atoms with Crippen LogP contribution in [0.4, 0.5) is 30.2 Å². The Balaban J connectivity index is 1.10. The zero-order valence-electron chi connectivity index (χ0n) is 20.5. The van der Waals surface area contributed by atoms with Gasteiger partial charge in [0.2, 0.25) is 5.91 Å². The predicted octanol–water partition coefficient (Wildman–Crippen LogP) is 4.42. The summed E-state index contributed by atoms with van der Waals surface area (Å²) in [6, 6.07) is 11.2. The van der Waals surface area contributed by atoms with Gasteiger partial charge in [-0.3, -0.25) is 14.5 Å². The number of halogens is 3. The molecule has 3 aliphatic heterocycles. The van der Waals surface area contributed by atoms with Crippen LogP contribution in [0, 0.1) is 0 Å². The van der Waals surface area contributed by atoms with E-state index in [1.807, 2.05) is 32.9 Å². The van der Waals surface area contributed by atoms with E-state index in [-0.39, 0.29) is 17.9 Å². The Morgan fingerprint density at radius 1 is 0.947 bits per heavy atom. The molecule has 0 saturated carbocycles. The minimum absolute atomic E-state index is 0.0431. The van der Waals surface area contributed by atoms with E-state index in [9.17, 15) is 22.8 Å². The molecule has 4 heterocycles. The molecule has 2 amide bonds. The van der Waals surface area contributed by atoms with Gasteiger partial charge >= 0.3 is 6.18 Å². The third-order valence-corrected chi connectivity index (χ3v) is 8.24. The number of amides is 2. The highest BCUT2D eigenvalue weighted by Gasteiger charge is 2.37. The highest BCUT2D eigenvalue weighted by Crippen LogP contribution is 2.39. The van der Waals surface area contributed by atoms with Gasteiger partial charge in [-0.1, -0.05) is 0 Å². The molecule has 7 nitrogen and oxygen atoms in total. The van der Waals surface area contributed by atoms with Crippen LogP contribution in [0.1, 0.15) is 28.0 Å². The normalized spacial score (nSPS) is 20.3. The van der Waals surface area contributed by atoms with Crippen molar-refractivity contribution < 1.29 is 22.8 Å². The van der Waals surface area contributed by atoms with Gasteiger partial charge in [-0.2, -0.15) is 13.2 Å². The molecule has 6 rings (SSSR count). The SMILES string of the molecule is O=C(c1cscn1)N1CCN([C@@H]2CC(=O)N(c3ccc4c(c3)CCN4c3ccc(C(F)(F)F)cc3)C2)CC1. The van der Waals surface area contributed by atoms with Crippen LogP contribution < -0.4 is 9.80 Å². The average Bonchev–Trinajstić information content (AvgIpc) is 3.68. The number of piperazine rings is 1. The van der Waals surface area contributed by atoms with Crippen LogP contribution in [-0.4, -0.2) is 71.9 Å². The Labute approximate surface area is 222 Å². The van der Waals surface area contributed by atoms with Gasteiger partial charge in [0.05, 0.1) is 11.1 Å². The molecule has 0 bridgehead atoms. The summed E-state index contributed by atoms with van der Waals surface area (Å²) >= 11 is 1.41. The highest BCUT2D eigenvalue weighted by atomic mass is 32.1. The standard InChI is InChI=1S/C27H26F3N5O2S/c28-27(29,30)19-1-3-20(4-2-19)34-8-7-18-13-21(5-6-24(18)34)35-15-22(14-25(35)36)32-9-11-33(12-10-32)26(37)23-16-38-17-31-23/h1-6,13,16-17,22H,7-12,14-15H2/t22-/m1/s1. The van der Waals surface area contributed by atoms with Gasteiger partial charge in [0.25, 0.3) is 5.91 Å². The second-order valence-electron chi connectivity index (χ2n) is 9.82. The Kier molecular flexibility index (Phi) is 6.35. The number of alkyl halides is 3. The fourth-order valence-corrected chi connectivity index (χ4v) is 6.13. The summed E-state index contributed by atoms with van der Waals surface area (Å²) in [5.74, 6) is 0.0343. The van der Waals surface area contributed by atoms with Crippen molar-refractivity contribution in [1.29, 1.82) is 0 Å². The lowest BCUT2D eigenvalue weighted by Gasteiger charge is -2.37. The lowest BCUT2D eigenvalue weighted by atomic mass is 10.1. The third kappa shape index (κ3) is 4.64. The lowest BCUT2D eigenvalue weighted by molar-refractivity contribution is -0.137. The molecule has 0 radical (unpaired) electrons. The summed E-state index contributed by atoms with van der Waals surface area (Å²) < 4.78 is 38.8. The summed E-state index contributed by atoms with van der Waals surface area (Å²) in [4.78, 5) is 37.6. The minimum Gasteiger partial charge on any atom is -0.341 e. The third-order valence-electron chi connectivity index (χ3n) is 7.65. The molecule has 1 atom stereocenters. The Bertz CT molecular complexity index is 1340. The van der Waals surface area contributed by atoms with Crippen molar-refractivity contribution >= 4 is 40.2 Å². The Hall–Kier alpha value is -3.44. The quantitative estimate of drug-likeness (QED) is 0.490. The van der Waals surface area contributed by atoms with E-state index in [0.717, 1.165) is 35.5 Å². The molecule has 3 aromatic rings. The van der Waals surface area contributed by atoms with Crippen LogP contribution in [-0.2, 0) is 17.4 Å². The lowest BCUT2D eigenvalue weighted by Crippen LogP contribution is -2.52. The van der Waals surface area contributed by atoms with E-state index in [0.29, 0.717) is 57.1 Å². The van der Waals surface area contributed by atoms with Gasteiger partial charge in [-0.15, -0.1) is 11.3 Å². The van der Waals surface area contributed by atoms with Crippen molar-refractivity contribution in [3.05, 3.63) is 70.2 Å². The Morgan fingerprint density at radius 2 is 1.68 bits per heavy atom. The summed E-state index contributed by atoms with van der Waals surface area (Å²) in [6.07, 6.45) is -3.16. The highest BCUT2D eigenvalue weighted by molar-refractivity contribution is 7.07. The number of rotatable bonds is 4. The van der Waals surface area contributed by atoms with Crippen molar-refractivity contribution in [1.82, 2.24) is 14.8 Å². The monoisotopic (exact) mass is 541 g/mol. The van der Waals surface area contributed by atoms with Gasteiger partial charge in [-0.05, 0) is 54.4 Å². The fourth-order valence-electron chi connectivity index (χ4n) is 5.61. The number of fused-ring (bicyclic) bond motifs is 1. The number of anilines is 3. The minimum atomic E-state index is -4.36. The number of carbonyl (C=O) groups excluding carboxylic acids is 2. The Morgan fingerprint density at radius 3 is 2.37 bits per heavy atom. The first-order valence-corrected chi connectivity index (χ1v) is 13.5. The maximum absolute atomic E-state index is 13.0. The van der Waals surface area contributed by atoms with Gasteiger partial charge in [0, 0.05) is 74.2 Å². The number of nitrogens with zero attached hydrogens (tertiary/aromatic N) is 5. The van der Waals surface area contributed by atoms with Crippen molar-refractivity contribution in [3.8, 4) is 0 Å². The molecule has 0 unspecified atom stereocenters. The van der Waals surface area contributed by atoms with Crippen LogP contribution in [0.5, 0.6) is 0 Å². The van der Waals surface area contributed by atoms with E-state index in [4.69, 9.17) is 0 Å². The van der Waals surface area contributed by atoms with E-state index < -0.39 is 11.7 Å². The van der Waals surface area contributed by atoms with Gasteiger partial charge in [0.15, 0.2) is 0 Å². The molecule has 38 heavy (non-hydrogen) atoms. The molecule has 198 valence electrons. The van der Waals surface area contributed by atoms with Gasteiger partial charge < -0.3 is 14.7 Å². The van der Waals surface area contributed by atoms with E-state index in [1.165, 1.54) is 23.5 Å². The molecule has 0 spiro atoms. The van der Waals surface area contributed by atoms with Crippen molar-refractivity contribution in [2.24, 2.45) is 0 Å². The van der Waals surface area contributed by atoms with E-state index >= 15 is 0 Å². The maximum atomic E-state index is 13.0. The molecule has 0 aliphatic carbocycles. The molecule has 11 heteroatoms. The topological polar surface area (TPSA) is 60.0 Å². The molecule has 0 N–H and O–H groups in total. The number of thiazole rings is 1. The number of benzene rings is 2. The number of hydrogen-bond donors (Lipinski definition) is 0. The summed E-state index contributed by atoms with van der Waals surface area (Å²) in [5, 5.41) is 1.77. The number of hydrogen-bond acceptors (Lipinski definition) is 6. The van der Waals surface area contributed by atoms with Crippen molar-refractivity contribution in [3.63, 3.8) is 0 Å². The molecule has 2 saturated heterocycles. The summed E-state index contributed by atoms with van der Waals surface area (Å²) in [5.41, 5.74) is 5.08. The largest absolute Gasteiger partial charge is 0.416 e. The van der Waals surface area contributed by atoms with Crippen molar-refractivity contribution in [2.75, 3.05) is 49.1 Å². The number of carbonyl (C=O) groups is 2. The first-order valence-electron chi connectivity index (χ1n) is 12.6. The van der Waals surface area contributed by atoms with Gasteiger partial charge in [-0.25, -0.2) is 4.98 Å². The van der Waals surface area contributed by atoms with Crippen LogP contribution in [0.25, 0.3) is 0 Å². The zero-order chi connectivity index (χ0) is 26.4. The first-order chi connectivity index (χ1) is 18.3.